The number of aromatic nitrogens is 1. The molecule has 2 N–H and O–H groups in total. The van der Waals surface area contributed by atoms with Gasteiger partial charge < -0.3 is 20.3 Å². The summed E-state index contributed by atoms with van der Waals surface area (Å²) in [5, 5.41) is 5.86. The molecule has 0 atom stereocenters. The molecule has 0 spiro atoms. The standard InChI is InChI=1S/C23H28N4O3/c1-16-4-2-7-18(14-16)26-23(29)27-12-10-20(11-13-27)30-21-9-8-19(15-24-21)25-22(28)17-5-3-6-17/h2,4,7-9,14-15,17,20H,3,5-6,10-13H2,1H3,(H,25,28)(H,26,29). The number of pyridine rings is 1. The van der Waals surface area contributed by atoms with Crippen LogP contribution in [0.3, 0.4) is 0 Å². The highest BCUT2D eigenvalue weighted by atomic mass is 16.5. The van der Waals surface area contributed by atoms with Crippen molar-refractivity contribution in [2.24, 2.45) is 5.92 Å². The predicted molar refractivity (Wildman–Crippen MR) is 116 cm³/mol. The van der Waals surface area contributed by atoms with Crippen molar-refractivity contribution in [2.45, 2.75) is 45.1 Å². The van der Waals surface area contributed by atoms with Crippen LogP contribution in [0, 0.1) is 12.8 Å². The van der Waals surface area contributed by atoms with Gasteiger partial charge in [-0.2, -0.15) is 0 Å². The normalized spacial score (nSPS) is 17.2. The maximum absolute atomic E-state index is 12.5. The van der Waals surface area contributed by atoms with Crippen molar-refractivity contribution in [1.82, 2.24) is 9.88 Å². The summed E-state index contributed by atoms with van der Waals surface area (Å²) in [6.45, 7) is 3.27. The maximum Gasteiger partial charge on any atom is 0.321 e. The fourth-order valence-electron chi connectivity index (χ4n) is 3.71. The molecule has 0 bridgehead atoms. The van der Waals surface area contributed by atoms with E-state index in [2.05, 4.69) is 15.6 Å². The molecule has 158 valence electrons. The molecule has 3 amide bonds. The molecule has 2 fully saturated rings. The monoisotopic (exact) mass is 408 g/mol. The SMILES string of the molecule is Cc1cccc(NC(=O)N2CCC(Oc3ccc(NC(=O)C4CCC4)cn3)CC2)c1. The third kappa shape index (κ3) is 5.09. The molecule has 4 rings (SSSR count). The first kappa shape index (κ1) is 20.2. The second kappa shape index (κ2) is 9.15. The molecule has 1 aliphatic carbocycles. The van der Waals surface area contributed by atoms with E-state index in [1.165, 1.54) is 0 Å². The number of ether oxygens (including phenoxy) is 1. The van der Waals surface area contributed by atoms with Gasteiger partial charge in [-0.3, -0.25) is 4.79 Å². The summed E-state index contributed by atoms with van der Waals surface area (Å²) in [5.41, 5.74) is 2.62. The lowest BCUT2D eigenvalue weighted by molar-refractivity contribution is -0.122. The molecular formula is C23H28N4O3. The van der Waals surface area contributed by atoms with Crippen LogP contribution in [0.1, 0.15) is 37.7 Å². The van der Waals surface area contributed by atoms with Gasteiger partial charge in [0, 0.05) is 43.6 Å². The lowest BCUT2D eigenvalue weighted by atomic mass is 9.85. The Bertz CT molecular complexity index is 888. The van der Waals surface area contributed by atoms with Crippen LogP contribution in [0.15, 0.2) is 42.6 Å². The van der Waals surface area contributed by atoms with E-state index in [1.54, 1.807) is 12.3 Å². The highest BCUT2D eigenvalue weighted by Crippen LogP contribution is 2.27. The number of nitrogens with one attached hydrogen (secondary N) is 2. The van der Waals surface area contributed by atoms with Crippen molar-refractivity contribution in [3.05, 3.63) is 48.2 Å². The largest absolute Gasteiger partial charge is 0.474 e. The average Bonchev–Trinajstić information content (AvgIpc) is 2.69. The second-order valence-corrected chi connectivity index (χ2v) is 8.11. The molecule has 2 heterocycles. The third-order valence-electron chi connectivity index (χ3n) is 5.77. The summed E-state index contributed by atoms with van der Waals surface area (Å²) in [4.78, 5) is 30.6. The van der Waals surface area contributed by atoms with Crippen molar-refractivity contribution in [2.75, 3.05) is 23.7 Å². The number of carbonyl (C=O) groups excluding carboxylic acids is 2. The van der Waals surface area contributed by atoms with Gasteiger partial charge in [0.05, 0.1) is 11.9 Å². The first-order valence-corrected chi connectivity index (χ1v) is 10.6. The zero-order chi connectivity index (χ0) is 20.9. The summed E-state index contributed by atoms with van der Waals surface area (Å²) in [6, 6.07) is 11.3. The molecule has 1 aliphatic heterocycles. The number of amides is 3. The number of rotatable bonds is 5. The van der Waals surface area contributed by atoms with Crippen LogP contribution >= 0.6 is 0 Å². The molecular weight excluding hydrogens is 380 g/mol. The van der Waals surface area contributed by atoms with Gasteiger partial charge in [-0.1, -0.05) is 18.6 Å². The van der Waals surface area contributed by atoms with Gasteiger partial charge in [0.15, 0.2) is 0 Å². The second-order valence-electron chi connectivity index (χ2n) is 8.11. The first-order valence-electron chi connectivity index (χ1n) is 10.6. The van der Waals surface area contributed by atoms with Gasteiger partial charge in [0.1, 0.15) is 6.10 Å². The van der Waals surface area contributed by atoms with Gasteiger partial charge in [-0.05, 0) is 43.5 Å². The van der Waals surface area contributed by atoms with Crippen molar-refractivity contribution >= 4 is 23.3 Å². The number of urea groups is 1. The van der Waals surface area contributed by atoms with Crippen LogP contribution in [-0.2, 0) is 4.79 Å². The van der Waals surface area contributed by atoms with E-state index in [-0.39, 0.29) is 24.0 Å². The Hall–Kier alpha value is -3.09. The predicted octanol–water partition coefficient (Wildman–Crippen LogP) is 4.20. The van der Waals surface area contributed by atoms with Gasteiger partial charge in [0.25, 0.3) is 0 Å². The molecule has 2 aliphatic rings. The number of anilines is 2. The lowest BCUT2D eigenvalue weighted by Crippen LogP contribution is -2.43. The number of benzene rings is 1. The van der Waals surface area contributed by atoms with Crippen LogP contribution < -0.4 is 15.4 Å². The van der Waals surface area contributed by atoms with Crippen LogP contribution in [0.2, 0.25) is 0 Å². The van der Waals surface area contributed by atoms with Crippen molar-refractivity contribution in [1.29, 1.82) is 0 Å². The maximum atomic E-state index is 12.5. The lowest BCUT2D eigenvalue weighted by Gasteiger charge is -2.32. The minimum Gasteiger partial charge on any atom is -0.474 e. The van der Waals surface area contributed by atoms with Gasteiger partial charge >= 0.3 is 6.03 Å². The van der Waals surface area contributed by atoms with Crippen LogP contribution in [-0.4, -0.2) is 41.0 Å². The summed E-state index contributed by atoms with van der Waals surface area (Å²) >= 11 is 0. The molecule has 1 aromatic heterocycles. The Morgan fingerprint density at radius 3 is 2.47 bits per heavy atom. The van der Waals surface area contributed by atoms with Crippen molar-refractivity contribution < 1.29 is 14.3 Å². The Labute approximate surface area is 176 Å². The number of nitrogens with zero attached hydrogens (tertiary/aromatic N) is 2. The number of aryl methyl sites for hydroxylation is 1. The molecule has 7 heteroatoms. The van der Waals surface area contributed by atoms with E-state index in [1.807, 2.05) is 42.2 Å². The number of piperidine rings is 1. The summed E-state index contributed by atoms with van der Waals surface area (Å²) < 4.78 is 5.97. The van der Waals surface area contributed by atoms with E-state index >= 15 is 0 Å². The smallest absolute Gasteiger partial charge is 0.321 e. The van der Waals surface area contributed by atoms with Crippen LogP contribution in [0.5, 0.6) is 5.88 Å². The Balaban J connectivity index is 1.22. The number of carbonyl (C=O) groups is 2. The minimum atomic E-state index is -0.0799. The summed E-state index contributed by atoms with van der Waals surface area (Å²) in [5.74, 6) is 0.765. The fourth-order valence-corrected chi connectivity index (χ4v) is 3.71. The molecule has 30 heavy (non-hydrogen) atoms. The number of hydrogen-bond acceptors (Lipinski definition) is 4. The third-order valence-corrected chi connectivity index (χ3v) is 5.77. The highest BCUT2D eigenvalue weighted by Gasteiger charge is 2.26. The molecule has 1 saturated carbocycles. The van der Waals surface area contributed by atoms with Gasteiger partial charge in [0.2, 0.25) is 11.8 Å². The highest BCUT2D eigenvalue weighted by molar-refractivity contribution is 5.92. The molecule has 1 saturated heterocycles. The van der Waals surface area contributed by atoms with E-state index in [0.717, 1.165) is 43.4 Å². The summed E-state index contributed by atoms with van der Waals surface area (Å²) in [7, 11) is 0. The number of hydrogen-bond donors (Lipinski definition) is 2. The van der Waals surface area contributed by atoms with E-state index in [0.29, 0.717) is 24.7 Å². The van der Waals surface area contributed by atoms with Gasteiger partial charge in [-0.15, -0.1) is 0 Å². The van der Waals surface area contributed by atoms with Crippen LogP contribution in [0.25, 0.3) is 0 Å². The zero-order valence-corrected chi connectivity index (χ0v) is 17.3. The topological polar surface area (TPSA) is 83.6 Å². The Kier molecular flexibility index (Phi) is 6.16. The number of likely N-dealkylation sites (tertiary alicyclic amines) is 1. The quantitative estimate of drug-likeness (QED) is 0.777. The molecule has 2 aromatic rings. The molecule has 0 radical (unpaired) electrons. The molecule has 1 aromatic carbocycles. The van der Waals surface area contributed by atoms with Crippen molar-refractivity contribution in [3.63, 3.8) is 0 Å². The zero-order valence-electron chi connectivity index (χ0n) is 17.3. The Morgan fingerprint density at radius 2 is 1.83 bits per heavy atom. The fraction of sp³-hybridized carbons (Fsp3) is 0.435. The first-order chi connectivity index (χ1) is 14.6. The van der Waals surface area contributed by atoms with Crippen LogP contribution in [0.4, 0.5) is 16.2 Å². The average molecular weight is 409 g/mol. The van der Waals surface area contributed by atoms with E-state index in [4.69, 9.17) is 4.74 Å². The van der Waals surface area contributed by atoms with Gasteiger partial charge in [-0.25, -0.2) is 9.78 Å². The molecule has 0 unspecified atom stereocenters. The molecule has 7 nitrogen and oxygen atoms in total. The van der Waals surface area contributed by atoms with E-state index in [9.17, 15) is 9.59 Å². The Morgan fingerprint density at radius 1 is 1.03 bits per heavy atom. The summed E-state index contributed by atoms with van der Waals surface area (Å²) in [6.07, 6.45) is 6.25. The minimum absolute atomic E-state index is 0.0240. The van der Waals surface area contributed by atoms with E-state index < -0.39 is 0 Å². The van der Waals surface area contributed by atoms with Crippen molar-refractivity contribution in [3.8, 4) is 5.88 Å².